The molecule has 7 heteroatoms. The Balaban J connectivity index is -0.000000141. The van der Waals surface area contributed by atoms with Gasteiger partial charge in [-0.05, 0) is 37.0 Å². The Bertz CT molecular complexity index is 197. The van der Waals surface area contributed by atoms with Crippen molar-refractivity contribution in [3.05, 3.63) is 0 Å². The summed E-state index contributed by atoms with van der Waals surface area (Å²) in [4.78, 5) is 14.3. The third kappa shape index (κ3) is 36.9. The Kier molecular flexibility index (Phi) is 40.7. The molecule has 0 fully saturated rings. The van der Waals surface area contributed by atoms with Gasteiger partial charge in [-0.15, -0.1) is 28.3 Å². The third-order valence-corrected chi connectivity index (χ3v) is 9.72. The van der Waals surface area contributed by atoms with Crippen LogP contribution in [0.2, 0.25) is 0 Å². The normalized spacial score (nSPS) is 10.0. The second kappa shape index (κ2) is 30.0. The number of halogens is 1. The van der Waals surface area contributed by atoms with Crippen molar-refractivity contribution < 1.29 is 14.4 Å². The van der Waals surface area contributed by atoms with Crippen LogP contribution in [-0.4, -0.2) is 46.8 Å². The minimum absolute atomic E-state index is 0. The van der Waals surface area contributed by atoms with Gasteiger partial charge in [0, 0.05) is 0 Å². The van der Waals surface area contributed by atoms with Crippen molar-refractivity contribution in [2.45, 2.75) is 80.1 Å². The summed E-state index contributed by atoms with van der Waals surface area (Å²) in [5, 5.41) is 0. The molecule has 0 aromatic carbocycles. The maximum absolute atomic E-state index is 8.74. The minimum Gasteiger partial charge on any atom is -0.326 e. The topological polar surface area (TPSA) is 57.5 Å². The molecule has 0 radical (unpaired) electrons. The van der Waals surface area contributed by atoms with Crippen molar-refractivity contribution in [3.63, 3.8) is 0 Å². The van der Waals surface area contributed by atoms with Crippen LogP contribution < -0.4 is 0 Å². The predicted molar refractivity (Wildman–Crippen MR) is 125 cm³/mol. The lowest BCUT2D eigenvalue weighted by molar-refractivity contribution is 0.405. The van der Waals surface area contributed by atoms with Crippen LogP contribution >= 0.6 is 36.5 Å². The molecule has 0 unspecified atom stereocenters. The highest BCUT2D eigenvalue weighted by Crippen LogP contribution is 2.37. The predicted octanol–water partition coefficient (Wildman–Crippen LogP) is 7.18. The van der Waals surface area contributed by atoms with Crippen molar-refractivity contribution >= 4 is 36.5 Å². The first-order valence-corrected chi connectivity index (χ1v) is 14.9. The molecule has 0 aliphatic heterocycles. The molecule has 0 aromatic heterocycles. The summed E-state index contributed by atoms with van der Waals surface area (Å²) >= 11 is 0. The van der Waals surface area contributed by atoms with Gasteiger partial charge in [-0.3, -0.25) is 4.57 Å². The van der Waals surface area contributed by atoms with E-state index < -0.39 is 8.25 Å². The lowest BCUT2D eigenvalue weighted by Gasteiger charge is -2.13. The highest BCUT2D eigenvalue weighted by atomic mass is 35.5. The van der Waals surface area contributed by atoms with Gasteiger partial charge >= 0.3 is 8.25 Å². The summed E-state index contributed by atoms with van der Waals surface area (Å²) in [7, 11) is -2.25. The molecule has 0 aliphatic rings. The second-order valence-corrected chi connectivity index (χ2v) is 11.9. The van der Waals surface area contributed by atoms with Crippen LogP contribution in [-0.2, 0) is 4.57 Å². The largest absolute Gasteiger partial charge is 0.326 e. The molecule has 0 spiro atoms. The molecule has 0 rings (SSSR count). The Morgan fingerprint density at radius 2 is 0.680 bits per heavy atom. The van der Waals surface area contributed by atoms with Crippen LogP contribution in [0.3, 0.4) is 0 Å². The fourth-order valence-electron chi connectivity index (χ4n) is 2.57. The highest BCUT2D eigenvalue weighted by Gasteiger charge is 2.03. The Morgan fingerprint density at radius 1 is 0.560 bits per heavy atom. The van der Waals surface area contributed by atoms with Crippen LogP contribution in [0.15, 0.2) is 0 Å². The summed E-state index contributed by atoms with van der Waals surface area (Å²) < 4.78 is 8.74. The first-order chi connectivity index (χ1) is 11.4. The van der Waals surface area contributed by atoms with Gasteiger partial charge < -0.3 is 9.79 Å². The number of hydrogen-bond donors (Lipinski definition) is 2. The van der Waals surface area contributed by atoms with Crippen LogP contribution in [0.1, 0.15) is 80.1 Å². The first-order valence-electron chi connectivity index (χ1n) is 9.79. The summed E-state index contributed by atoms with van der Waals surface area (Å²) in [6.07, 6.45) is 17.4. The average molecular weight is 439 g/mol. The molecule has 25 heavy (non-hydrogen) atoms. The Hall–Kier alpha value is 1.30. The summed E-state index contributed by atoms with van der Waals surface area (Å²) in [6, 6.07) is 0. The van der Waals surface area contributed by atoms with Crippen molar-refractivity contribution in [1.82, 2.24) is 0 Å². The van der Waals surface area contributed by atoms with E-state index in [2.05, 4.69) is 41.5 Å². The SMILES string of the molecule is CCCP(CCC)CCC.CCCP(CCC)CCC.Cl.O=[PH](O)O. The van der Waals surface area contributed by atoms with E-state index in [1.165, 1.54) is 75.5 Å². The average Bonchev–Trinajstić information content (AvgIpc) is 2.49. The zero-order valence-electron chi connectivity index (χ0n) is 17.6. The van der Waals surface area contributed by atoms with E-state index in [1.54, 1.807) is 0 Å². The molecule has 2 N–H and O–H groups in total. The summed E-state index contributed by atoms with van der Waals surface area (Å²) in [6.45, 7) is 13.8. The van der Waals surface area contributed by atoms with Crippen LogP contribution in [0.5, 0.6) is 0 Å². The van der Waals surface area contributed by atoms with Gasteiger partial charge in [0.05, 0.1) is 0 Å². The lowest BCUT2D eigenvalue weighted by atomic mass is 10.6. The maximum Gasteiger partial charge on any atom is 0.314 e. The monoisotopic (exact) mass is 438 g/mol. The van der Waals surface area contributed by atoms with E-state index in [9.17, 15) is 0 Å². The van der Waals surface area contributed by atoms with Crippen molar-refractivity contribution in [2.24, 2.45) is 0 Å². The first kappa shape index (κ1) is 33.9. The van der Waals surface area contributed by atoms with Crippen LogP contribution in [0.25, 0.3) is 0 Å². The molecule has 3 nitrogen and oxygen atoms in total. The smallest absolute Gasteiger partial charge is 0.314 e. The zero-order chi connectivity index (χ0) is 19.2. The molecule has 0 bridgehead atoms. The second-order valence-electron chi connectivity index (χ2n) is 5.97. The van der Waals surface area contributed by atoms with Crippen LogP contribution in [0.4, 0.5) is 0 Å². The van der Waals surface area contributed by atoms with Gasteiger partial charge in [0.15, 0.2) is 0 Å². The molecule has 0 atom stereocenters. The molecule has 158 valence electrons. The van der Waals surface area contributed by atoms with Gasteiger partial charge in [-0.2, -0.15) is 0 Å². The van der Waals surface area contributed by atoms with Crippen molar-refractivity contribution in [1.29, 1.82) is 0 Å². The summed E-state index contributed by atoms with van der Waals surface area (Å²) in [5.74, 6) is 0. The van der Waals surface area contributed by atoms with E-state index in [4.69, 9.17) is 14.4 Å². The molecule has 0 aromatic rings. The molecule has 0 aliphatic carbocycles. The molecular weight excluding hydrogens is 393 g/mol. The van der Waals surface area contributed by atoms with Crippen molar-refractivity contribution in [2.75, 3.05) is 37.0 Å². The fraction of sp³-hybridized carbons (Fsp3) is 1.00. The summed E-state index contributed by atoms with van der Waals surface area (Å²) in [5.41, 5.74) is 0. The van der Waals surface area contributed by atoms with Gasteiger partial charge in [0.2, 0.25) is 0 Å². The Morgan fingerprint density at radius 3 is 0.760 bits per heavy atom. The standard InChI is InChI=1S/2C9H21P.ClH.H3O3P/c2*1-4-7-10(8-5-2)9-6-3;;1-4(2)3/h2*4-9H2,1-3H3;1H;4H,(H2,1,2,3). The maximum atomic E-state index is 8.74. The lowest BCUT2D eigenvalue weighted by Crippen LogP contribution is -1.92. The van der Waals surface area contributed by atoms with E-state index in [-0.39, 0.29) is 12.4 Å². The van der Waals surface area contributed by atoms with E-state index in [0.717, 1.165) is 0 Å². The molecular formula is C18H46ClO3P3. The van der Waals surface area contributed by atoms with E-state index in [1.807, 2.05) is 0 Å². The number of hydrogen-bond acceptors (Lipinski definition) is 1. The van der Waals surface area contributed by atoms with Gasteiger partial charge in [0.25, 0.3) is 0 Å². The molecule has 0 amide bonds. The van der Waals surface area contributed by atoms with Gasteiger partial charge in [-0.1, -0.05) is 80.1 Å². The molecule has 0 saturated heterocycles. The highest BCUT2D eigenvalue weighted by molar-refractivity contribution is 7.57. The van der Waals surface area contributed by atoms with E-state index >= 15 is 0 Å². The van der Waals surface area contributed by atoms with E-state index in [0.29, 0.717) is 15.8 Å². The fourth-order valence-corrected chi connectivity index (χ4v) is 7.70. The van der Waals surface area contributed by atoms with Gasteiger partial charge in [0.1, 0.15) is 0 Å². The third-order valence-electron chi connectivity index (χ3n) is 3.24. The zero-order valence-corrected chi connectivity index (χ0v) is 21.2. The molecule has 0 heterocycles. The quantitative estimate of drug-likeness (QED) is 0.317. The van der Waals surface area contributed by atoms with Crippen molar-refractivity contribution in [3.8, 4) is 0 Å². The van der Waals surface area contributed by atoms with Gasteiger partial charge in [-0.25, -0.2) is 0 Å². The minimum atomic E-state index is -3.13. The van der Waals surface area contributed by atoms with Crippen LogP contribution in [0, 0.1) is 0 Å². The number of rotatable bonds is 12. The Labute approximate surface area is 168 Å². The molecule has 0 saturated carbocycles.